The lowest BCUT2D eigenvalue weighted by atomic mass is 9.56. The minimum Gasteiger partial charge on any atom is -0.508 e. The van der Waals surface area contributed by atoms with Crippen LogP contribution in [0, 0.1) is 17.8 Å². The lowest BCUT2D eigenvalue weighted by molar-refractivity contribution is -0.274. The number of rotatable bonds is 3. The summed E-state index contributed by atoms with van der Waals surface area (Å²) in [5, 5.41) is 10.9. The van der Waals surface area contributed by atoms with Crippen LogP contribution in [0.1, 0.15) is 24.3 Å². The molecule has 41 heavy (non-hydrogen) atoms. The molecule has 214 valence electrons. The first kappa shape index (κ1) is 27.6. The molecule has 1 N–H and O–H groups in total. The molecule has 4 aliphatic rings. The highest BCUT2D eigenvalue weighted by Gasteiger charge is 2.76. The predicted octanol–water partition coefficient (Wildman–Crippen LogP) is 4.48. The van der Waals surface area contributed by atoms with E-state index in [1.165, 1.54) is 7.05 Å². The molecule has 2 aromatic carbocycles. The quantitative estimate of drug-likeness (QED) is 0.313. The van der Waals surface area contributed by atoms with E-state index in [1.54, 1.807) is 36.4 Å². The van der Waals surface area contributed by atoms with E-state index in [2.05, 4.69) is 4.74 Å². The van der Waals surface area contributed by atoms with Crippen molar-refractivity contribution in [3.8, 4) is 11.5 Å². The second-order valence-electron chi connectivity index (χ2n) is 10.6. The Hall–Kier alpha value is -3.57. The average Bonchev–Trinajstić information content (AvgIpc) is 3.24. The zero-order valence-electron chi connectivity index (χ0n) is 21.2. The fourth-order valence-corrected chi connectivity index (χ4v) is 7.89. The number of aromatic hydroxyl groups is 1. The van der Waals surface area contributed by atoms with Crippen LogP contribution in [0.15, 0.2) is 60.2 Å². The Morgan fingerprint density at radius 3 is 2.32 bits per heavy atom. The van der Waals surface area contributed by atoms with Gasteiger partial charge in [-0.1, -0.05) is 29.8 Å². The van der Waals surface area contributed by atoms with Gasteiger partial charge in [0.1, 0.15) is 11.5 Å². The summed E-state index contributed by atoms with van der Waals surface area (Å²) in [6.45, 7) is 0. The molecule has 0 radical (unpaired) electrons. The van der Waals surface area contributed by atoms with Gasteiger partial charge in [-0.3, -0.25) is 29.0 Å². The maximum absolute atomic E-state index is 13.9. The van der Waals surface area contributed by atoms with Crippen LogP contribution in [-0.2, 0) is 19.2 Å². The third kappa shape index (κ3) is 3.74. The van der Waals surface area contributed by atoms with E-state index < -0.39 is 74.9 Å². The highest BCUT2D eigenvalue weighted by Crippen LogP contribution is 2.66. The van der Waals surface area contributed by atoms with Gasteiger partial charge in [-0.15, -0.1) is 36.4 Å². The molecule has 2 saturated heterocycles. The summed E-state index contributed by atoms with van der Waals surface area (Å²) in [7, 11) is 1.18. The molecule has 3 fully saturated rings. The van der Waals surface area contributed by atoms with Gasteiger partial charge in [-0.05, 0) is 49.1 Å². The number of amides is 4. The molecule has 2 aliphatic carbocycles. The van der Waals surface area contributed by atoms with Crippen LogP contribution in [-0.4, -0.2) is 56.8 Å². The molecule has 8 nitrogen and oxygen atoms in total. The molecule has 13 heteroatoms. The number of benzene rings is 2. The van der Waals surface area contributed by atoms with Gasteiger partial charge in [0, 0.05) is 18.5 Å². The van der Waals surface area contributed by atoms with Crippen LogP contribution >= 0.6 is 23.2 Å². The van der Waals surface area contributed by atoms with Gasteiger partial charge in [-0.25, -0.2) is 0 Å². The third-order valence-electron chi connectivity index (χ3n) is 8.57. The van der Waals surface area contributed by atoms with Gasteiger partial charge in [-0.2, -0.15) is 0 Å². The molecule has 0 bridgehead atoms. The zero-order chi connectivity index (χ0) is 29.6. The first-order chi connectivity index (χ1) is 19.2. The summed E-state index contributed by atoms with van der Waals surface area (Å²) in [5.41, 5.74) is 0.443. The van der Waals surface area contributed by atoms with E-state index in [0.29, 0.717) is 11.3 Å². The molecular formula is C28H21Cl2F3N2O6. The molecule has 4 amide bonds. The van der Waals surface area contributed by atoms with E-state index in [4.69, 9.17) is 23.2 Å². The number of carbonyl (C=O) groups is 4. The van der Waals surface area contributed by atoms with Gasteiger partial charge in [0.25, 0.3) is 11.8 Å². The largest absolute Gasteiger partial charge is 0.573 e. The fourth-order valence-electron chi connectivity index (χ4n) is 6.88. The lowest BCUT2D eigenvalue weighted by Gasteiger charge is -2.50. The number of ether oxygens (including phenoxy) is 1. The van der Waals surface area contributed by atoms with Crippen molar-refractivity contribution >= 4 is 52.5 Å². The van der Waals surface area contributed by atoms with Crippen molar-refractivity contribution < 1.29 is 42.2 Å². The molecule has 1 saturated carbocycles. The Kier molecular flexibility index (Phi) is 6.03. The number of nitrogens with zero attached hydrogens (tertiary/aromatic N) is 2. The minimum absolute atomic E-state index is 0.0562. The SMILES string of the molecule is CN1C(=O)C2(Cl)CC3C(=CCC4C(=O)N(c5ccccc5)C(=O)C43)C(c3cc(OC(F)(F)F)ccc3O)C2(Cl)C1=O. The summed E-state index contributed by atoms with van der Waals surface area (Å²) in [5.74, 6) is -8.11. The van der Waals surface area contributed by atoms with Crippen LogP contribution < -0.4 is 9.64 Å². The fraction of sp³-hybridized carbons (Fsp3) is 0.357. The highest BCUT2D eigenvalue weighted by molar-refractivity contribution is 6.53. The number of hydrogen-bond acceptors (Lipinski definition) is 6. The monoisotopic (exact) mass is 608 g/mol. The van der Waals surface area contributed by atoms with Crippen LogP contribution in [0.3, 0.4) is 0 Å². The van der Waals surface area contributed by atoms with Crippen molar-refractivity contribution in [2.75, 3.05) is 11.9 Å². The van der Waals surface area contributed by atoms with Crippen LogP contribution in [0.4, 0.5) is 18.9 Å². The number of likely N-dealkylation sites (tertiary alicyclic amines) is 1. The number of phenolic OH excluding ortho intramolecular Hbond substituents is 1. The topological polar surface area (TPSA) is 104 Å². The van der Waals surface area contributed by atoms with E-state index in [-0.39, 0.29) is 18.4 Å². The second-order valence-corrected chi connectivity index (χ2v) is 11.9. The molecule has 2 aliphatic heterocycles. The number of halogens is 5. The van der Waals surface area contributed by atoms with Crippen molar-refractivity contribution in [3.63, 3.8) is 0 Å². The van der Waals surface area contributed by atoms with Crippen molar-refractivity contribution in [3.05, 3.63) is 65.7 Å². The summed E-state index contributed by atoms with van der Waals surface area (Å²) in [4.78, 5) is 51.8. The van der Waals surface area contributed by atoms with E-state index in [1.807, 2.05) is 0 Å². The second kappa shape index (κ2) is 8.96. The molecule has 0 spiro atoms. The van der Waals surface area contributed by atoms with Crippen molar-refractivity contribution in [2.24, 2.45) is 17.8 Å². The van der Waals surface area contributed by atoms with Gasteiger partial charge < -0.3 is 9.84 Å². The Balaban J connectivity index is 1.53. The lowest BCUT2D eigenvalue weighted by Crippen LogP contribution is -2.60. The first-order valence-corrected chi connectivity index (χ1v) is 13.4. The molecule has 6 atom stereocenters. The molecule has 6 rings (SSSR count). The van der Waals surface area contributed by atoms with Crippen LogP contribution in [0.25, 0.3) is 0 Å². The van der Waals surface area contributed by atoms with E-state index in [9.17, 15) is 37.5 Å². The number of phenols is 1. The number of fused-ring (bicyclic) bond motifs is 4. The predicted molar refractivity (Wildman–Crippen MR) is 139 cm³/mol. The number of carbonyl (C=O) groups excluding carboxylic acids is 4. The van der Waals surface area contributed by atoms with Gasteiger partial charge in [0.05, 0.1) is 17.5 Å². The molecule has 0 aromatic heterocycles. The smallest absolute Gasteiger partial charge is 0.508 e. The summed E-state index contributed by atoms with van der Waals surface area (Å²) < 4.78 is 43.3. The van der Waals surface area contributed by atoms with E-state index >= 15 is 0 Å². The van der Waals surface area contributed by atoms with Crippen molar-refractivity contribution in [1.29, 1.82) is 0 Å². The van der Waals surface area contributed by atoms with Gasteiger partial charge >= 0.3 is 6.36 Å². The Morgan fingerprint density at radius 1 is 0.976 bits per heavy atom. The number of anilines is 1. The number of imide groups is 2. The third-order valence-corrected chi connectivity index (χ3v) is 9.99. The van der Waals surface area contributed by atoms with Crippen molar-refractivity contribution in [2.45, 2.75) is 34.9 Å². The van der Waals surface area contributed by atoms with E-state index in [0.717, 1.165) is 28.0 Å². The normalized spacial score (nSPS) is 33.0. The molecule has 2 aromatic rings. The van der Waals surface area contributed by atoms with Gasteiger partial charge in [0.2, 0.25) is 11.8 Å². The molecular weight excluding hydrogens is 588 g/mol. The first-order valence-electron chi connectivity index (χ1n) is 12.6. The number of hydrogen-bond donors (Lipinski definition) is 1. The van der Waals surface area contributed by atoms with Crippen LogP contribution in [0.2, 0.25) is 0 Å². The summed E-state index contributed by atoms with van der Waals surface area (Å²) >= 11 is 14.0. The Bertz CT molecular complexity index is 1550. The molecule has 2 heterocycles. The average molecular weight is 609 g/mol. The van der Waals surface area contributed by atoms with Crippen molar-refractivity contribution in [1.82, 2.24) is 4.90 Å². The highest BCUT2D eigenvalue weighted by atomic mass is 35.5. The standard InChI is InChI=1S/C28H21Cl2F3N2O6/c1-34-24(39)26(29)12-18-15(8-9-16-20(18)23(38)35(22(16)37)13-5-3-2-4-6-13)21(27(26,30)25(34)40)17-11-14(7-10-19(17)36)41-28(31,32)33/h2-8,10-11,16,18,20-21,36H,9,12H2,1H3. The maximum atomic E-state index is 13.9. The minimum atomic E-state index is -5.06. The number of para-hydroxylation sites is 1. The number of allylic oxidation sites excluding steroid dienone is 2. The molecule has 6 unspecified atom stereocenters. The zero-order valence-corrected chi connectivity index (χ0v) is 22.7. The Morgan fingerprint density at radius 2 is 1.66 bits per heavy atom. The Labute approximate surface area is 241 Å². The van der Waals surface area contributed by atoms with Gasteiger partial charge in [0.15, 0.2) is 9.75 Å². The summed E-state index contributed by atoms with van der Waals surface area (Å²) in [6.07, 6.45) is -3.69. The maximum Gasteiger partial charge on any atom is 0.573 e. The number of alkyl halides is 5. The van der Waals surface area contributed by atoms with Crippen LogP contribution in [0.5, 0.6) is 11.5 Å². The summed E-state index contributed by atoms with van der Waals surface area (Å²) in [6, 6.07) is 11.0.